The summed E-state index contributed by atoms with van der Waals surface area (Å²) in [5.74, 6) is -7.95. The van der Waals surface area contributed by atoms with Crippen LogP contribution in [0.1, 0.15) is 55.5 Å². The van der Waals surface area contributed by atoms with Crippen molar-refractivity contribution in [3.63, 3.8) is 0 Å². The molecule has 3 aromatic heterocycles. The van der Waals surface area contributed by atoms with Gasteiger partial charge in [-0.1, -0.05) is 80.6 Å². The average molecular weight is 1180 g/mol. The number of thiol groups is 2. The quantitative estimate of drug-likeness (QED) is 0.0282. The summed E-state index contributed by atoms with van der Waals surface area (Å²) in [6, 6.07) is 11.6. The van der Waals surface area contributed by atoms with Gasteiger partial charge in [-0.05, 0) is 54.0 Å². The minimum absolute atomic E-state index is 0.0385. The number of rotatable bonds is 29. The molecule has 3 aromatic carbocycles. The van der Waals surface area contributed by atoms with Gasteiger partial charge in [0.05, 0.1) is 19.0 Å². The summed E-state index contributed by atoms with van der Waals surface area (Å²) >= 11 is 8.13. The summed E-state index contributed by atoms with van der Waals surface area (Å²) in [6.45, 7) is 2.91. The number of hydrogen-bond donors (Lipinski definition) is 15. The number of fused-ring (bicyclic) bond motifs is 2. The number of H-pyrrole nitrogens is 3. The van der Waals surface area contributed by atoms with E-state index in [-0.39, 0.29) is 62.5 Å². The third kappa shape index (κ3) is 16.7. The van der Waals surface area contributed by atoms with Gasteiger partial charge in [-0.2, -0.15) is 25.3 Å². The molecule has 0 unspecified atom stereocenters. The summed E-state index contributed by atoms with van der Waals surface area (Å²) in [5, 5.41) is 40.1. The number of carbonyl (C=O) groups excluding carboxylic acids is 8. The maximum absolute atomic E-state index is 15.1. The number of amides is 8. The molecular formula is C57H71N13O11S2. The first-order chi connectivity index (χ1) is 39.9. The highest BCUT2D eigenvalue weighted by Gasteiger charge is 2.41. The van der Waals surface area contributed by atoms with Crippen LogP contribution in [-0.2, 0) is 68.8 Å². The van der Waals surface area contributed by atoms with Crippen LogP contribution in [0.4, 0.5) is 0 Å². The normalized spacial score (nSPS) is 16.1. The summed E-state index contributed by atoms with van der Waals surface area (Å²) in [5.41, 5.74) is 9.66. The van der Waals surface area contributed by atoms with Crippen LogP contribution < -0.4 is 43.0 Å². The van der Waals surface area contributed by atoms with Gasteiger partial charge in [0.1, 0.15) is 48.3 Å². The monoisotopic (exact) mass is 1180 g/mol. The third-order valence-corrected chi connectivity index (χ3v) is 15.1. The molecule has 1 saturated heterocycles. The number of aliphatic hydroxyl groups is 1. The molecule has 9 atom stereocenters. The second-order valence-electron chi connectivity index (χ2n) is 20.8. The van der Waals surface area contributed by atoms with Crippen LogP contribution in [0.5, 0.6) is 0 Å². The van der Waals surface area contributed by atoms with E-state index in [0.717, 1.165) is 21.8 Å². The molecule has 14 N–H and O–H groups in total. The molecule has 0 bridgehead atoms. The predicted octanol–water partition coefficient (Wildman–Crippen LogP) is 0.337. The number of carboxylic acids is 1. The Morgan fingerprint density at radius 1 is 0.614 bits per heavy atom. The lowest BCUT2D eigenvalue weighted by Crippen LogP contribution is -2.61. The summed E-state index contributed by atoms with van der Waals surface area (Å²) in [7, 11) is 0. The Morgan fingerprint density at radius 3 is 1.67 bits per heavy atom. The lowest BCUT2D eigenvalue weighted by molar-refractivity contribution is -0.142. The fourth-order valence-electron chi connectivity index (χ4n) is 9.91. The molecule has 24 nitrogen and oxygen atoms in total. The second kappa shape index (κ2) is 29.7. The van der Waals surface area contributed by atoms with Gasteiger partial charge >= 0.3 is 5.97 Å². The molecule has 6 aromatic rings. The maximum atomic E-state index is 15.1. The van der Waals surface area contributed by atoms with Crippen molar-refractivity contribution >= 4 is 100 Å². The van der Waals surface area contributed by atoms with E-state index in [2.05, 4.69) is 82.4 Å². The molecule has 83 heavy (non-hydrogen) atoms. The van der Waals surface area contributed by atoms with E-state index in [0.29, 0.717) is 28.8 Å². The fourth-order valence-corrected chi connectivity index (χ4v) is 10.3. The average Bonchev–Trinajstić information content (AvgIpc) is 4.49. The molecule has 1 aliphatic heterocycles. The molecule has 7 rings (SSSR count). The Labute approximate surface area is 489 Å². The highest BCUT2D eigenvalue weighted by atomic mass is 32.1. The zero-order valence-corrected chi connectivity index (χ0v) is 47.6. The van der Waals surface area contributed by atoms with Gasteiger partial charge in [-0.3, -0.25) is 38.4 Å². The van der Waals surface area contributed by atoms with Crippen LogP contribution in [0.2, 0.25) is 0 Å². The number of aromatic nitrogens is 4. The summed E-state index contributed by atoms with van der Waals surface area (Å²) in [6.07, 6.45) is 6.47. The molecule has 0 spiro atoms. The number of carboxylic acid groups (broad SMARTS) is 1. The molecular weight excluding hydrogens is 1110 g/mol. The molecule has 26 heteroatoms. The molecule has 1 aliphatic rings. The van der Waals surface area contributed by atoms with E-state index in [9.17, 15) is 48.6 Å². The number of aliphatic carboxylic acids is 1. The SMILES string of the molecule is CC(C)C[C@H](NC(=O)[C@H](CO)NC(=O)[C@@H](N)CS)C(=O)N[C@@H](Cc1c[nH]c2ccccc12)C(=O)N1CCC[C@H]1C(=O)N[C@@H](Cc1cnc[nH]1)C(=O)N[C@@H](Cc1ccccc1)C(=O)N[C@@H](Cc1c[nH]c2ccccc12)C(=O)N[C@@H](CS)C(=O)O. The molecule has 442 valence electrons. The number of hydrogen-bond acceptors (Lipinski definition) is 14. The molecule has 8 amide bonds. The number of nitrogens with one attached hydrogen (secondary N) is 10. The Kier molecular flexibility index (Phi) is 22.3. The Bertz CT molecular complexity index is 3230. The molecule has 0 saturated carbocycles. The number of aromatic amines is 3. The smallest absolute Gasteiger partial charge is 0.327 e. The Morgan fingerprint density at radius 2 is 1.12 bits per heavy atom. The zero-order valence-electron chi connectivity index (χ0n) is 45.8. The van der Waals surface area contributed by atoms with Crippen molar-refractivity contribution in [3.8, 4) is 0 Å². The van der Waals surface area contributed by atoms with E-state index in [1.165, 1.54) is 17.4 Å². The molecule has 4 heterocycles. The van der Waals surface area contributed by atoms with Gasteiger partial charge in [-0.15, -0.1) is 0 Å². The van der Waals surface area contributed by atoms with Crippen molar-refractivity contribution in [3.05, 3.63) is 126 Å². The fraction of sp³-hybridized carbons (Fsp3) is 0.404. The first-order valence-corrected chi connectivity index (χ1v) is 28.5. The predicted molar refractivity (Wildman–Crippen MR) is 315 cm³/mol. The van der Waals surface area contributed by atoms with Gasteiger partial charge in [0.2, 0.25) is 47.3 Å². The van der Waals surface area contributed by atoms with Crippen molar-refractivity contribution in [2.75, 3.05) is 24.7 Å². The topological polar surface area (TPSA) is 368 Å². The number of nitrogens with zero attached hydrogens (tertiary/aromatic N) is 2. The van der Waals surface area contributed by atoms with Crippen molar-refractivity contribution < 1.29 is 53.4 Å². The van der Waals surface area contributed by atoms with Crippen LogP contribution in [0.25, 0.3) is 21.8 Å². The number of aliphatic hydroxyl groups excluding tert-OH is 1. The van der Waals surface area contributed by atoms with Crippen LogP contribution in [-0.4, -0.2) is 167 Å². The number of imidazole rings is 1. The summed E-state index contributed by atoms with van der Waals surface area (Å²) < 4.78 is 0. The van der Waals surface area contributed by atoms with E-state index >= 15 is 4.79 Å². The number of nitrogens with two attached hydrogens (primary N) is 1. The third-order valence-electron chi connectivity index (χ3n) is 14.3. The number of benzene rings is 3. The van der Waals surface area contributed by atoms with E-state index in [1.54, 1.807) is 42.7 Å². The Balaban J connectivity index is 1.14. The van der Waals surface area contributed by atoms with Gasteiger partial charge in [0.25, 0.3) is 0 Å². The molecule has 0 aliphatic carbocycles. The van der Waals surface area contributed by atoms with Crippen molar-refractivity contribution in [2.45, 2.75) is 113 Å². The zero-order chi connectivity index (χ0) is 59.7. The Hall–Kier alpha value is -8.20. The molecule has 1 fully saturated rings. The van der Waals surface area contributed by atoms with E-state index in [1.807, 2.05) is 62.4 Å². The van der Waals surface area contributed by atoms with E-state index < -0.39 is 114 Å². The highest BCUT2D eigenvalue weighted by molar-refractivity contribution is 7.80. The van der Waals surface area contributed by atoms with Gasteiger partial charge in [0, 0.05) is 89.8 Å². The minimum atomic E-state index is -1.47. The standard InChI is InChI=1S/C57H71N13O11S2/c1-31(2)19-41(63-54(77)46(27-71)68-49(72)38(58)28-82)50(73)67-45(22-34-25-61-40-16-9-7-14-37(34)40)56(79)70-18-10-17-48(70)55(78)66-44(23-35-26-59-30-62-35)53(76)64-42(20-32-11-4-3-5-12-32)51(74)65-43(52(75)69-47(29-83)57(80)81)21-33-24-60-39-15-8-6-13-36(33)39/h3-9,11-16,24-26,30-31,38,41-48,60-61,71,82-83H,10,17-23,27-29,58H2,1-2H3,(H,59,62)(H,63,77)(H,64,76)(H,65,74)(H,66,78)(H,67,73)(H,68,72)(H,69,75)(H,80,81)/t38-,41-,42-,43-,44-,45-,46-,47-,48-/m0/s1. The second-order valence-corrected chi connectivity index (χ2v) is 21.6. The first kappa shape index (κ1) is 62.4. The first-order valence-electron chi connectivity index (χ1n) is 27.2. The number of para-hydroxylation sites is 2. The minimum Gasteiger partial charge on any atom is -0.480 e. The van der Waals surface area contributed by atoms with Crippen LogP contribution in [0.3, 0.4) is 0 Å². The van der Waals surface area contributed by atoms with Crippen LogP contribution >= 0.6 is 25.3 Å². The van der Waals surface area contributed by atoms with Crippen LogP contribution in [0.15, 0.2) is 104 Å². The lowest BCUT2D eigenvalue weighted by Gasteiger charge is -2.31. The van der Waals surface area contributed by atoms with E-state index in [4.69, 9.17) is 5.73 Å². The van der Waals surface area contributed by atoms with Gasteiger partial charge < -0.3 is 73.0 Å². The van der Waals surface area contributed by atoms with Crippen molar-refractivity contribution in [2.24, 2.45) is 11.7 Å². The largest absolute Gasteiger partial charge is 0.480 e. The number of likely N-dealkylation sites (tertiary alicyclic amines) is 1. The van der Waals surface area contributed by atoms with Crippen molar-refractivity contribution in [1.29, 1.82) is 0 Å². The van der Waals surface area contributed by atoms with Crippen LogP contribution in [0, 0.1) is 5.92 Å². The summed E-state index contributed by atoms with van der Waals surface area (Å²) in [4.78, 5) is 141. The lowest BCUT2D eigenvalue weighted by atomic mass is 10.00. The molecule has 0 radical (unpaired) electrons. The van der Waals surface area contributed by atoms with Crippen molar-refractivity contribution in [1.82, 2.24) is 62.1 Å². The number of carbonyl (C=O) groups is 9. The highest BCUT2D eigenvalue weighted by Crippen LogP contribution is 2.25. The maximum Gasteiger partial charge on any atom is 0.327 e. The van der Waals surface area contributed by atoms with Gasteiger partial charge in [-0.25, -0.2) is 9.78 Å². The van der Waals surface area contributed by atoms with Gasteiger partial charge in [0.15, 0.2) is 0 Å².